The number of nitrogens with zero attached hydrogens (tertiary/aromatic N) is 6. The van der Waals surface area contributed by atoms with Gasteiger partial charge in [0.2, 0.25) is 5.95 Å². The first-order chi connectivity index (χ1) is 11.1. The fourth-order valence-corrected chi connectivity index (χ4v) is 2.92. The lowest BCUT2D eigenvalue weighted by Gasteiger charge is -2.31. The maximum Gasteiger partial charge on any atom is 0.222 e. The highest BCUT2D eigenvalue weighted by Crippen LogP contribution is 2.34. The molecule has 2 aromatic heterocycles. The molecular weight excluding hydrogens is 292 g/mol. The van der Waals surface area contributed by atoms with Crippen LogP contribution in [0.1, 0.15) is 36.0 Å². The lowest BCUT2D eigenvalue weighted by atomic mass is 9.80. The number of aromatic nitrogens is 5. The molecule has 23 heavy (non-hydrogen) atoms. The summed E-state index contributed by atoms with van der Waals surface area (Å²) in [6.07, 6.45) is 5.70. The van der Waals surface area contributed by atoms with Gasteiger partial charge in [0.15, 0.2) is 0 Å². The molecule has 1 fully saturated rings. The van der Waals surface area contributed by atoms with E-state index in [1.54, 1.807) is 0 Å². The van der Waals surface area contributed by atoms with Crippen molar-refractivity contribution in [2.45, 2.75) is 37.9 Å². The smallest absolute Gasteiger partial charge is 0.222 e. The van der Waals surface area contributed by atoms with Crippen LogP contribution in [0.15, 0.2) is 12.4 Å². The van der Waals surface area contributed by atoms with E-state index in [1.807, 2.05) is 26.5 Å². The van der Waals surface area contributed by atoms with E-state index < -0.39 is 0 Å². The Balaban J connectivity index is 1.60. The molecule has 0 aliphatic heterocycles. The predicted molar refractivity (Wildman–Crippen MR) is 87.7 cm³/mol. The molecule has 8 nitrogen and oxygen atoms in total. The van der Waals surface area contributed by atoms with Crippen molar-refractivity contribution in [2.75, 3.05) is 19.4 Å². The fourth-order valence-electron chi connectivity index (χ4n) is 2.92. The third kappa shape index (κ3) is 3.48. The first kappa shape index (κ1) is 15.8. The molecule has 0 spiro atoms. The Hall–Kier alpha value is -2.06. The van der Waals surface area contributed by atoms with Crippen LogP contribution in [0, 0.1) is 0 Å². The van der Waals surface area contributed by atoms with E-state index in [4.69, 9.17) is 5.73 Å². The highest BCUT2D eigenvalue weighted by molar-refractivity contribution is 5.23. The molecule has 0 unspecified atom stereocenters. The number of rotatable bonds is 6. The maximum absolute atomic E-state index is 5.87. The molecule has 3 N–H and O–H groups in total. The lowest BCUT2D eigenvalue weighted by Crippen LogP contribution is -2.36. The van der Waals surface area contributed by atoms with Crippen molar-refractivity contribution in [1.29, 1.82) is 0 Å². The fraction of sp³-hybridized carbons (Fsp3) is 0.600. The van der Waals surface area contributed by atoms with Crippen LogP contribution in [0.5, 0.6) is 0 Å². The van der Waals surface area contributed by atoms with Crippen LogP contribution in [0.4, 0.5) is 5.95 Å². The van der Waals surface area contributed by atoms with E-state index in [0.29, 0.717) is 17.9 Å². The van der Waals surface area contributed by atoms with E-state index in [2.05, 4.69) is 42.0 Å². The minimum atomic E-state index is 0.323. The van der Waals surface area contributed by atoms with Crippen LogP contribution in [-0.4, -0.2) is 49.8 Å². The van der Waals surface area contributed by atoms with Crippen LogP contribution in [0.3, 0.4) is 0 Å². The second kappa shape index (κ2) is 6.59. The van der Waals surface area contributed by atoms with E-state index in [1.165, 1.54) is 0 Å². The number of nitrogens with one attached hydrogen (secondary N) is 1. The summed E-state index contributed by atoms with van der Waals surface area (Å²) in [5.74, 6) is 3.12. The van der Waals surface area contributed by atoms with E-state index in [-0.39, 0.29) is 0 Å². The molecule has 1 aliphatic rings. The third-order valence-electron chi connectivity index (χ3n) is 4.33. The monoisotopic (exact) mass is 316 g/mol. The molecule has 2 aromatic rings. The molecule has 8 heteroatoms. The molecule has 0 radical (unpaired) electrons. The molecular formula is C15H24N8. The lowest BCUT2D eigenvalue weighted by molar-refractivity contribution is 0.302. The summed E-state index contributed by atoms with van der Waals surface area (Å²) in [5, 5.41) is 11.6. The van der Waals surface area contributed by atoms with Crippen molar-refractivity contribution >= 4 is 5.95 Å². The molecule has 1 saturated carbocycles. The van der Waals surface area contributed by atoms with Crippen molar-refractivity contribution in [3.05, 3.63) is 29.6 Å². The largest absolute Gasteiger partial charge is 0.357 e. The van der Waals surface area contributed by atoms with Gasteiger partial charge in [0, 0.05) is 50.6 Å². The van der Waals surface area contributed by atoms with Gasteiger partial charge in [0.25, 0.3) is 0 Å². The van der Waals surface area contributed by atoms with E-state index >= 15 is 0 Å². The Morgan fingerprint density at radius 3 is 2.57 bits per heavy atom. The Labute approximate surface area is 136 Å². The molecule has 0 amide bonds. The zero-order valence-corrected chi connectivity index (χ0v) is 13.9. The summed E-state index contributed by atoms with van der Waals surface area (Å²) in [6.45, 7) is 1.50. The average Bonchev–Trinajstić information content (AvgIpc) is 2.85. The second-order valence-electron chi connectivity index (χ2n) is 6.30. The van der Waals surface area contributed by atoms with Crippen molar-refractivity contribution in [1.82, 2.24) is 29.6 Å². The Morgan fingerprint density at radius 1 is 1.26 bits per heavy atom. The zero-order chi connectivity index (χ0) is 16.4. The van der Waals surface area contributed by atoms with Gasteiger partial charge in [-0.3, -0.25) is 4.90 Å². The molecule has 124 valence electrons. The zero-order valence-electron chi connectivity index (χ0n) is 13.9. The first-order valence-electron chi connectivity index (χ1n) is 7.87. The standard InChI is InChI=1S/C15H24N8/c1-17-15-18-6-10(7-19-15)8-22(2)9-13-20-21-14(23(13)3)11-4-12(16)5-11/h6-7,11-12H,4-5,8-9,16H2,1-3H3,(H,17,18,19). The third-order valence-corrected chi connectivity index (χ3v) is 4.33. The normalized spacial score (nSPS) is 20.6. The van der Waals surface area contributed by atoms with Gasteiger partial charge < -0.3 is 15.6 Å². The highest BCUT2D eigenvalue weighted by Gasteiger charge is 2.31. The van der Waals surface area contributed by atoms with Gasteiger partial charge in [-0.05, 0) is 19.9 Å². The van der Waals surface area contributed by atoms with Gasteiger partial charge in [0.05, 0.1) is 6.54 Å². The van der Waals surface area contributed by atoms with Crippen molar-refractivity contribution in [3.8, 4) is 0 Å². The van der Waals surface area contributed by atoms with E-state index in [0.717, 1.165) is 43.1 Å². The minimum Gasteiger partial charge on any atom is -0.357 e. The predicted octanol–water partition coefficient (Wildman–Crippen LogP) is 0.484. The van der Waals surface area contributed by atoms with E-state index in [9.17, 15) is 0 Å². The highest BCUT2D eigenvalue weighted by atomic mass is 15.3. The molecule has 1 aliphatic carbocycles. The van der Waals surface area contributed by atoms with Crippen molar-refractivity contribution in [3.63, 3.8) is 0 Å². The summed E-state index contributed by atoms with van der Waals surface area (Å²) < 4.78 is 2.10. The molecule has 3 rings (SSSR count). The van der Waals surface area contributed by atoms with Gasteiger partial charge in [0.1, 0.15) is 11.6 Å². The number of hydrogen-bond donors (Lipinski definition) is 2. The Morgan fingerprint density at radius 2 is 1.96 bits per heavy atom. The van der Waals surface area contributed by atoms with Crippen LogP contribution in [0.25, 0.3) is 0 Å². The van der Waals surface area contributed by atoms with Gasteiger partial charge in [-0.2, -0.15) is 0 Å². The number of nitrogens with two attached hydrogens (primary N) is 1. The average molecular weight is 316 g/mol. The van der Waals surface area contributed by atoms with Crippen LogP contribution in [-0.2, 0) is 20.1 Å². The molecule has 0 saturated heterocycles. The summed E-state index contributed by atoms with van der Waals surface area (Å²) in [7, 11) is 5.90. The topological polar surface area (TPSA) is 97.8 Å². The molecule has 0 atom stereocenters. The van der Waals surface area contributed by atoms with Crippen molar-refractivity contribution < 1.29 is 0 Å². The number of hydrogen-bond acceptors (Lipinski definition) is 7. The van der Waals surface area contributed by atoms with Gasteiger partial charge in [-0.25, -0.2) is 9.97 Å². The quantitative estimate of drug-likeness (QED) is 0.800. The molecule has 2 heterocycles. The van der Waals surface area contributed by atoms with Crippen molar-refractivity contribution in [2.24, 2.45) is 12.8 Å². The Kier molecular flexibility index (Phi) is 4.53. The van der Waals surface area contributed by atoms with Gasteiger partial charge in [-0.15, -0.1) is 10.2 Å². The van der Waals surface area contributed by atoms with Crippen LogP contribution < -0.4 is 11.1 Å². The van der Waals surface area contributed by atoms with Crippen LogP contribution >= 0.6 is 0 Å². The molecule has 0 bridgehead atoms. The summed E-state index contributed by atoms with van der Waals surface area (Å²) in [5.41, 5.74) is 6.94. The SMILES string of the molecule is CNc1ncc(CN(C)Cc2nnc(C3CC(N)C3)n2C)cn1. The second-order valence-corrected chi connectivity index (χ2v) is 6.30. The first-order valence-corrected chi connectivity index (χ1v) is 7.87. The summed E-state index contributed by atoms with van der Waals surface area (Å²) >= 11 is 0. The summed E-state index contributed by atoms with van der Waals surface area (Å²) in [4.78, 5) is 10.6. The van der Waals surface area contributed by atoms with Crippen LogP contribution in [0.2, 0.25) is 0 Å². The molecule has 0 aromatic carbocycles. The minimum absolute atomic E-state index is 0.323. The van der Waals surface area contributed by atoms with Gasteiger partial charge in [-0.1, -0.05) is 0 Å². The number of anilines is 1. The summed E-state index contributed by atoms with van der Waals surface area (Å²) in [6, 6.07) is 0.323. The maximum atomic E-state index is 5.87. The van der Waals surface area contributed by atoms with Gasteiger partial charge >= 0.3 is 0 Å². The Bertz CT molecular complexity index is 644.